The van der Waals surface area contributed by atoms with Crippen molar-refractivity contribution in [3.8, 4) is 0 Å². The van der Waals surface area contributed by atoms with Crippen LogP contribution in [0.5, 0.6) is 0 Å². The number of carbonyl (C=O) groups is 2. The molecule has 4 rings (SSSR count). The minimum atomic E-state index is -0.875. The minimum absolute atomic E-state index is 0.0265. The predicted molar refractivity (Wildman–Crippen MR) is 99.0 cm³/mol. The maximum absolute atomic E-state index is 12.9. The van der Waals surface area contributed by atoms with Gasteiger partial charge < -0.3 is 9.52 Å². The molecule has 27 heavy (non-hydrogen) atoms. The first kappa shape index (κ1) is 17.4. The summed E-state index contributed by atoms with van der Waals surface area (Å²) in [5.41, 5.74) is 0.518. The van der Waals surface area contributed by atoms with Gasteiger partial charge in [0.2, 0.25) is 10.9 Å². The number of aliphatic hydroxyl groups is 1. The molecule has 1 atom stereocenters. The molecule has 0 spiro atoms. The minimum Gasteiger partial charge on any atom is -0.503 e. The van der Waals surface area contributed by atoms with Crippen molar-refractivity contribution in [3.05, 3.63) is 75.3 Å². The van der Waals surface area contributed by atoms with E-state index in [2.05, 4.69) is 10.2 Å². The first-order valence-electron chi connectivity index (χ1n) is 7.88. The molecular weight excluding hydrogens is 390 g/mol. The van der Waals surface area contributed by atoms with E-state index in [1.54, 1.807) is 37.3 Å². The van der Waals surface area contributed by atoms with Gasteiger partial charge in [0.15, 0.2) is 11.5 Å². The Kier molecular flexibility index (Phi) is 4.29. The fourth-order valence-electron chi connectivity index (χ4n) is 2.92. The van der Waals surface area contributed by atoms with E-state index in [9.17, 15) is 14.7 Å². The van der Waals surface area contributed by atoms with Gasteiger partial charge in [-0.05, 0) is 36.8 Å². The van der Waals surface area contributed by atoms with E-state index >= 15 is 0 Å². The van der Waals surface area contributed by atoms with Crippen molar-refractivity contribution in [2.24, 2.45) is 0 Å². The number of Topliss-reactive ketones (excluding diaryl/α,β-unsaturated/α-hetero) is 1. The van der Waals surface area contributed by atoms with E-state index in [4.69, 9.17) is 16.0 Å². The predicted octanol–water partition coefficient (Wildman–Crippen LogP) is 3.88. The summed E-state index contributed by atoms with van der Waals surface area (Å²) in [6.07, 6.45) is 1.35. The van der Waals surface area contributed by atoms with E-state index in [0.717, 1.165) is 0 Å². The van der Waals surface area contributed by atoms with Gasteiger partial charge in [-0.2, -0.15) is 0 Å². The third-order valence-corrected chi connectivity index (χ3v) is 5.19. The SMILES string of the molecule is Cc1nnc(N2C(=O)C(O)=C(C(=O)c3ccco3)C2c2ccc(Cl)cc2)s1. The van der Waals surface area contributed by atoms with E-state index in [0.29, 0.717) is 15.6 Å². The largest absolute Gasteiger partial charge is 0.503 e. The highest BCUT2D eigenvalue weighted by molar-refractivity contribution is 7.15. The third kappa shape index (κ3) is 2.92. The van der Waals surface area contributed by atoms with Crippen molar-refractivity contribution in [1.29, 1.82) is 0 Å². The Hall–Kier alpha value is -2.97. The lowest BCUT2D eigenvalue weighted by atomic mass is 9.95. The lowest BCUT2D eigenvalue weighted by Gasteiger charge is -2.23. The zero-order chi connectivity index (χ0) is 19.1. The third-order valence-electron chi connectivity index (χ3n) is 4.10. The molecule has 136 valence electrons. The van der Waals surface area contributed by atoms with Gasteiger partial charge in [-0.3, -0.25) is 14.5 Å². The second-order valence-corrected chi connectivity index (χ2v) is 7.40. The highest BCUT2D eigenvalue weighted by Gasteiger charge is 2.46. The van der Waals surface area contributed by atoms with Crippen LogP contribution in [0.3, 0.4) is 0 Å². The van der Waals surface area contributed by atoms with Crippen molar-refractivity contribution in [3.63, 3.8) is 0 Å². The number of amides is 1. The summed E-state index contributed by atoms with van der Waals surface area (Å²) >= 11 is 7.16. The first-order valence-corrected chi connectivity index (χ1v) is 9.07. The molecule has 2 aromatic heterocycles. The number of hydrogen-bond acceptors (Lipinski definition) is 7. The molecule has 1 aliphatic heterocycles. The molecule has 1 N–H and O–H groups in total. The molecule has 9 heteroatoms. The topological polar surface area (TPSA) is 96.5 Å². The number of ketones is 1. The molecule has 0 aliphatic carbocycles. The Morgan fingerprint density at radius 2 is 2.00 bits per heavy atom. The molecule has 0 fully saturated rings. The van der Waals surface area contributed by atoms with Gasteiger partial charge in [0, 0.05) is 5.02 Å². The van der Waals surface area contributed by atoms with E-state index in [1.165, 1.54) is 28.6 Å². The van der Waals surface area contributed by atoms with E-state index < -0.39 is 23.5 Å². The second kappa shape index (κ2) is 6.64. The molecule has 0 bridgehead atoms. The maximum atomic E-state index is 12.9. The van der Waals surface area contributed by atoms with Crippen LogP contribution in [-0.2, 0) is 4.79 Å². The highest BCUT2D eigenvalue weighted by atomic mass is 35.5. The molecule has 0 saturated heterocycles. The van der Waals surface area contributed by atoms with Crippen LogP contribution in [0.15, 0.2) is 58.4 Å². The van der Waals surface area contributed by atoms with Crippen molar-refractivity contribution in [2.45, 2.75) is 13.0 Å². The van der Waals surface area contributed by atoms with Crippen molar-refractivity contribution in [1.82, 2.24) is 10.2 Å². The smallest absolute Gasteiger partial charge is 0.296 e. The summed E-state index contributed by atoms with van der Waals surface area (Å²) in [6, 6.07) is 8.84. The Morgan fingerprint density at radius 1 is 1.26 bits per heavy atom. The molecule has 3 aromatic rings. The average molecular weight is 402 g/mol. The Labute approximate surface area is 162 Å². The summed E-state index contributed by atoms with van der Waals surface area (Å²) in [7, 11) is 0. The number of hydrogen-bond donors (Lipinski definition) is 1. The number of benzene rings is 1. The van der Waals surface area contributed by atoms with Crippen molar-refractivity contribution < 1.29 is 19.1 Å². The quantitative estimate of drug-likeness (QED) is 0.666. The van der Waals surface area contributed by atoms with Gasteiger partial charge in [0.25, 0.3) is 5.91 Å². The molecule has 7 nitrogen and oxygen atoms in total. The number of halogens is 1. The van der Waals surface area contributed by atoms with Crippen LogP contribution in [0.1, 0.15) is 27.2 Å². The monoisotopic (exact) mass is 401 g/mol. The average Bonchev–Trinajstić information content (AvgIpc) is 3.37. The number of carbonyl (C=O) groups excluding carboxylic acids is 2. The number of aromatic nitrogens is 2. The number of aryl methyl sites for hydroxylation is 1. The summed E-state index contributed by atoms with van der Waals surface area (Å²) in [5.74, 6) is -1.90. The van der Waals surface area contributed by atoms with Crippen LogP contribution in [0.25, 0.3) is 0 Å². The van der Waals surface area contributed by atoms with Gasteiger partial charge in [0.05, 0.1) is 17.9 Å². The summed E-state index contributed by atoms with van der Waals surface area (Å²) in [4.78, 5) is 27.0. The summed E-state index contributed by atoms with van der Waals surface area (Å²) < 4.78 is 5.17. The van der Waals surface area contributed by atoms with Crippen LogP contribution in [0, 0.1) is 6.92 Å². The number of aliphatic hydroxyl groups excluding tert-OH is 1. The number of rotatable bonds is 4. The molecule has 1 aromatic carbocycles. The second-order valence-electron chi connectivity index (χ2n) is 5.80. The fourth-order valence-corrected chi connectivity index (χ4v) is 3.76. The van der Waals surface area contributed by atoms with Crippen LogP contribution in [0.2, 0.25) is 5.02 Å². The van der Waals surface area contributed by atoms with Crippen molar-refractivity contribution in [2.75, 3.05) is 4.90 Å². The van der Waals surface area contributed by atoms with E-state index in [1.807, 2.05) is 0 Å². The number of furan rings is 1. The molecule has 3 heterocycles. The molecule has 0 radical (unpaired) electrons. The molecular formula is C18H12ClN3O4S. The van der Waals surface area contributed by atoms with Crippen LogP contribution < -0.4 is 4.90 Å². The van der Waals surface area contributed by atoms with Crippen LogP contribution >= 0.6 is 22.9 Å². The zero-order valence-corrected chi connectivity index (χ0v) is 15.5. The first-order chi connectivity index (χ1) is 13.0. The standard InChI is InChI=1S/C18H12ClN3O4S/c1-9-20-21-18(27-9)22-14(10-4-6-11(19)7-5-10)13(16(24)17(22)25)15(23)12-3-2-8-26-12/h2-8,14,24H,1H3. The number of anilines is 1. The molecule has 0 saturated carbocycles. The lowest BCUT2D eigenvalue weighted by molar-refractivity contribution is -0.117. The van der Waals surface area contributed by atoms with Gasteiger partial charge >= 0.3 is 0 Å². The lowest BCUT2D eigenvalue weighted by Crippen LogP contribution is -2.31. The Morgan fingerprint density at radius 3 is 2.59 bits per heavy atom. The fraction of sp³-hybridized carbons (Fsp3) is 0.111. The molecule has 1 aliphatic rings. The highest BCUT2D eigenvalue weighted by Crippen LogP contribution is 2.42. The zero-order valence-electron chi connectivity index (χ0n) is 13.9. The van der Waals surface area contributed by atoms with Gasteiger partial charge in [0.1, 0.15) is 5.01 Å². The Bertz CT molecular complexity index is 1060. The van der Waals surface area contributed by atoms with Crippen LogP contribution in [-0.4, -0.2) is 27.0 Å². The number of nitrogens with zero attached hydrogens (tertiary/aromatic N) is 3. The van der Waals surface area contributed by atoms with Gasteiger partial charge in [-0.25, -0.2) is 0 Å². The summed E-state index contributed by atoms with van der Waals surface area (Å²) in [5, 5.41) is 19.9. The van der Waals surface area contributed by atoms with Crippen LogP contribution in [0.4, 0.5) is 5.13 Å². The van der Waals surface area contributed by atoms with Crippen molar-refractivity contribution >= 4 is 39.8 Å². The normalized spacial score (nSPS) is 17.0. The molecule has 1 unspecified atom stereocenters. The Balaban J connectivity index is 1.88. The van der Waals surface area contributed by atoms with Gasteiger partial charge in [-0.15, -0.1) is 10.2 Å². The maximum Gasteiger partial charge on any atom is 0.296 e. The van der Waals surface area contributed by atoms with Gasteiger partial charge in [-0.1, -0.05) is 35.1 Å². The molecule has 1 amide bonds. The summed E-state index contributed by atoms with van der Waals surface area (Å²) in [6.45, 7) is 1.75. The van der Waals surface area contributed by atoms with E-state index in [-0.39, 0.29) is 16.5 Å².